The van der Waals surface area contributed by atoms with Crippen LogP contribution < -0.4 is 20.1 Å². The van der Waals surface area contributed by atoms with Gasteiger partial charge in [-0.3, -0.25) is 4.99 Å². The van der Waals surface area contributed by atoms with Gasteiger partial charge in [0.05, 0.1) is 7.11 Å². The largest absolute Gasteiger partial charge is 0.497 e. The number of hydrogen-bond donors (Lipinski definition) is 2. The van der Waals surface area contributed by atoms with E-state index in [2.05, 4.69) is 27.5 Å². The molecule has 0 fully saturated rings. The first-order chi connectivity index (χ1) is 14.3. The van der Waals surface area contributed by atoms with Gasteiger partial charge in [-0.15, -0.1) is 0 Å². The minimum atomic E-state index is -4.42. The van der Waals surface area contributed by atoms with Crippen LogP contribution in [0.25, 0.3) is 0 Å². The molecule has 0 spiro atoms. The van der Waals surface area contributed by atoms with Gasteiger partial charge in [-0.05, 0) is 36.1 Å². The summed E-state index contributed by atoms with van der Waals surface area (Å²) in [4.78, 5) is 8.03. The zero-order valence-corrected chi connectivity index (χ0v) is 17.3. The average Bonchev–Trinajstić information content (AvgIpc) is 2.74. The molecule has 0 aliphatic heterocycles. The number of pyridine rings is 1. The molecule has 1 heterocycles. The number of benzene rings is 1. The first-order valence-corrected chi connectivity index (χ1v) is 9.54. The van der Waals surface area contributed by atoms with Gasteiger partial charge in [0.2, 0.25) is 5.88 Å². The number of nitrogens with one attached hydrogen (secondary N) is 2. The van der Waals surface area contributed by atoms with Crippen LogP contribution >= 0.6 is 0 Å². The van der Waals surface area contributed by atoms with Gasteiger partial charge in [-0.2, -0.15) is 13.2 Å². The highest BCUT2D eigenvalue weighted by Gasteiger charge is 2.29. The summed E-state index contributed by atoms with van der Waals surface area (Å²) in [5, 5.41) is 6.28. The van der Waals surface area contributed by atoms with E-state index >= 15 is 0 Å². The van der Waals surface area contributed by atoms with E-state index in [4.69, 9.17) is 9.47 Å². The Morgan fingerprint density at radius 2 is 1.90 bits per heavy atom. The van der Waals surface area contributed by atoms with Crippen molar-refractivity contribution in [2.45, 2.75) is 32.0 Å². The summed E-state index contributed by atoms with van der Waals surface area (Å²) in [6.07, 6.45) is -2.15. The van der Waals surface area contributed by atoms with Gasteiger partial charge < -0.3 is 20.1 Å². The van der Waals surface area contributed by atoms with Gasteiger partial charge in [0.1, 0.15) is 5.75 Å². The maximum Gasteiger partial charge on any atom is 0.422 e. The highest BCUT2D eigenvalue weighted by atomic mass is 19.4. The van der Waals surface area contributed by atoms with Crippen LogP contribution in [0.2, 0.25) is 0 Å². The van der Waals surface area contributed by atoms with Gasteiger partial charge in [0.15, 0.2) is 12.6 Å². The Morgan fingerprint density at radius 1 is 1.17 bits per heavy atom. The number of halogens is 3. The van der Waals surface area contributed by atoms with E-state index < -0.39 is 12.8 Å². The number of methoxy groups -OCH3 is 1. The van der Waals surface area contributed by atoms with Crippen LogP contribution in [0.4, 0.5) is 13.2 Å². The summed E-state index contributed by atoms with van der Waals surface area (Å²) >= 11 is 0. The van der Waals surface area contributed by atoms with Crippen LogP contribution in [0.15, 0.2) is 47.6 Å². The molecule has 0 saturated heterocycles. The molecule has 0 radical (unpaired) electrons. The van der Waals surface area contributed by atoms with Crippen molar-refractivity contribution >= 4 is 5.96 Å². The van der Waals surface area contributed by atoms with Crippen LogP contribution in [0.3, 0.4) is 0 Å². The van der Waals surface area contributed by atoms with E-state index in [9.17, 15) is 13.2 Å². The summed E-state index contributed by atoms with van der Waals surface area (Å²) in [5.41, 5.74) is 1.72. The molecule has 2 rings (SSSR count). The number of ether oxygens (including phenoxy) is 2. The van der Waals surface area contributed by atoms with Gasteiger partial charge in [0.25, 0.3) is 0 Å². The standard InChI is InChI=1S/C21H27F3N4O2/c1-15(16-6-8-18(29-3)9-7-16)10-12-27-20(25-2)28-13-17-5-4-11-26-19(17)30-14-21(22,23)24/h4-9,11,15H,10,12-14H2,1-3H3,(H2,25,27,28). The third-order valence-corrected chi connectivity index (χ3v) is 4.45. The molecule has 30 heavy (non-hydrogen) atoms. The number of nitrogens with zero attached hydrogens (tertiary/aromatic N) is 2. The number of hydrogen-bond acceptors (Lipinski definition) is 4. The molecule has 1 unspecified atom stereocenters. The SMILES string of the molecule is CN=C(NCCC(C)c1ccc(OC)cc1)NCc1cccnc1OCC(F)(F)F. The van der Waals surface area contributed by atoms with Crippen molar-refractivity contribution in [3.63, 3.8) is 0 Å². The van der Waals surface area contributed by atoms with Crippen molar-refractivity contribution in [1.82, 2.24) is 15.6 Å². The Hall–Kier alpha value is -2.97. The highest BCUT2D eigenvalue weighted by molar-refractivity contribution is 5.79. The molecule has 1 aromatic heterocycles. The maximum atomic E-state index is 12.4. The lowest BCUT2D eigenvalue weighted by molar-refractivity contribution is -0.154. The molecule has 0 amide bonds. The van der Waals surface area contributed by atoms with E-state index in [-0.39, 0.29) is 12.4 Å². The molecular weight excluding hydrogens is 397 g/mol. The molecule has 164 valence electrons. The highest BCUT2D eigenvalue weighted by Crippen LogP contribution is 2.22. The van der Waals surface area contributed by atoms with Crippen molar-refractivity contribution in [3.8, 4) is 11.6 Å². The second kappa shape index (κ2) is 11.3. The third kappa shape index (κ3) is 7.81. The van der Waals surface area contributed by atoms with Crippen molar-refractivity contribution in [2.24, 2.45) is 4.99 Å². The fraction of sp³-hybridized carbons (Fsp3) is 0.429. The molecule has 1 aromatic carbocycles. The topological polar surface area (TPSA) is 67.8 Å². The van der Waals surface area contributed by atoms with Gasteiger partial charge in [0, 0.05) is 31.9 Å². The van der Waals surface area contributed by atoms with E-state index in [0.29, 0.717) is 24.0 Å². The van der Waals surface area contributed by atoms with Crippen LogP contribution in [-0.4, -0.2) is 44.4 Å². The summed E-state index contributed by atoms with van der Waals surface area (Å²) in [6.45, 7) is 1.67. The maximum absolute atomic E-state index is 12.4. The molecule has 1 atom stereocenters. The lowest BCUT2D eigenvalue weighted by atomic mass is 9.98. The van der Waals surface area contributed by atoms with Crippen molar-refractivity contribution < 1.29 is 22.6 Å². The minimum absolute atomic E-state index is 0.0501. The second-order valence-corrected chi connectivity index (χ2v) is 6.69. The molecule has 0 saturated carbocycles. The van der Waals surface area contributed by atoms with Crippen LogP contribution in [0.1, 0.15) is 30.4 Å². The Morgan fingerprint density at radius 3 is 2.53 bits per heavy atom. The molecule has 0 aliphatic carbocycles. The third-order valence-electron chi connectivity index (χ3n) is 4.45. The molecule has 9 heteroatoms. The predicted molar refractivity (Wildman–Crippen MR) is 110 cm³/mol. The summed E-state index contributed by atoms with van der Waals surface area (Å²) in [7, 11) is 3.27. The minimum Gasteiger partial charge on any atom is -0.497 e. The monoisotopic (exact) mass is 424 g/mol. The fourth-order valence-corrected chi connectivity index (χ4v) is 2.74. The number of alkyl halides is 3. The number of guanidine groups is 1. The summed E-state index contributed by atoms with van der Waals surface area (Å²) < 4.78 is 47.2. The normalized spacial score (nSPS) is 12.9. The Balaban J connectivity index is 1.82. The molecule has 0 bridgehead atoms. The smallest absolute Gasteiger partial charge is 0.422 e. The number of aromatic nitrogens is 1. The Labute approximate surface area is 174 Å². The lowest BCUT2D eigenvalue weighted by Gasteiger charge is -2.16. The van der Waals surface area contributed by atoms with Crippen LogP contribution in [-0.2, 0) is 6.54 Å². The Kier molecular flexibility index (Phi) is 8.76. The van der Waals surface area contributed by atoms with Gasteiger partial charge in [-0.25, -0.2) is 4.98 Å². The van der Waals surface area contributed by atoms with E-state index in [1.807, 2.05) is 24.3 Å². The quantitative estimate of drug-likeness (QED) is 0.472. The fourth-order valence-electron chi connectivity index (χ4n) is 2.74. The number of aliphatic imine (C=N–C) groups is 1. The summed E-state index contributed by atoms with van der Waals surface area (Å²) in [6, 6.07) is 11.3. The molecule has 6 nitrogen and oxygen atoms in total. The summed E-state index contributed by atoms with van der Waals surface area (Å²) in [5.74, 6) is 1.65. The van der Waals surface area contributed by atoms with E-state index in [1.165, 1.54) is 11.8 Å². The zero-order valence-electron chi connectivity index (χ0n) is 17.3. The van der Waals surface area contributed by atoms with Crippen molar-refractivity contribution in [1.29, 1.82) is 0 Å². The van der Waals surface area contributed by atoms with Crippen molar-refractivity contribution in [3.05, 3.63) is 53.7 Å². The Bertz CT molecular complexity index is 811. The van der Waals surface area contributed by atoms with E-state index in [1.54, 1.807) is 26.3 Å². The van der Waals surface area contributed by atoms with Gasteiger partial charge >= 0.3 is 6.18 Å². The van der Waals surface area contributed by atoms with Crippen LogP contribution in [0.5, 0.6) is 11.6 Å². The number of rotatable bonds is 9. The predicted octanol–water partition coefficient (Wildman–Crippen LogP) is 3.89. The lowest BCUT2D eigenvalue weighted by Crippen LogP contribution is -2.37. The zero-order chi connectivity index (χ0) is 22.0. The first-order valence-electron chi connectivity index (χ1n) is 9.54. The van der Waals surface area contributed by atoms with Crippen LogP contribution in [0, 0.1) is 0 Å². The van der Waals surface area contributed by atoms with E-state index in [0.717, 1.165) is 12.2 Å². The molecular formula is C21H27F3N4O2. The molecule has 2 N–H and O–H groups in total. The first kappa shape index (κ1) is 23.3. The second-order valence-electron chi connectivity index (χ2n) is 6.69. The van der Waals surface area contributed by atoms with Gasteiger partial charge in [-0.1, -0.05) is 25.1 Å². The van der Waals surface area contributed by atoms with Crippen molar-refractivity contribution in [2.75, 3.05) is 27.3 Å². The average molecular weight is 424 g/mol. The molecule has 0 aliphatic rings. The molecule has 2 aromatic rings.